The lowest BCUT2D eigenvalue weighted by molar-refractivity contribution is -0.768. The number of ether oxygens (including phenoxy) is 1. The number of pyridine rings is 1. The van der Waals surface area contributed by atoms with Gasteiger partial charge in [0.2, 0.25) is 12.0 Å². The van der Waals surface area contributed by atoms with E-state index < -0.39 is 35.2 Å². The summed E-state index contributed by atoms with van der Waals surface area (Å²) >= 11 is 0. The number of carbonyl (C=O) groups excluding carboxylic acids is 1. The maximum Gasteiger partial charge on any atom is 0.382 e. The van der Waals surface area contributed by atoms with E-state index in [1.807, 2.05) is 29.0 Å². The Hall–Kier alpha value is -3.09. The molecule has 0 saturated heterocycles. The second-order valence-electron chi connectivity index (χ2n) is 8.02. The van der Waals surface area contributed by atoms with Crippen LogP contribution >= 0.6 is 0 Å². The van der Waals surface area contributed by atoms with E-state index in [0.717, 1.165) is 6.07 Å². The molecule has 4 heterocycles. The van der Waals surface area contributed by atoms with Crippen molar-refractivity contribution in [3.63, 3.8) is 0 Å². The number of fused-ring (bicyclic) bond motifs is 4. The normalized spacial score (nSPS) is 21.4. The quantitative estimate of drug-likeness (QED) is 0.531. The molecular weight excluding hydrogens is 388 g/mol. The van der Waals surface area contributed by atoms with Gasteiger partial charge in [-0.25, -0.2) is 23.1 Å². The number of H-pyrrole nitrogens is 1. The van der Waals surface area contributed by atoms with Crippen LogP contribution in [0.15, 0.2) is 49.1 Å². The van der Waals surface area contributed by atoms with Gasteiger partial charge in [0, 0.05) is 31.0 Å². The molecule has 7 heteroatoms. The Morgan fingerprint density at radius 2 is 2.00 bits per heavy atom. The minimum atomic E-state index is -0.626. The third-order valence-corrected chi connectivity index (χ3v) is 6.80. The number of carbonyl (C=O) groups is 1. The van der Waals surface area contributed by atoms with Crippen LogP contribution in [0.3, 0.4) is 0 Å². The summed E-state index contributed by atoms with van der Waals surface area (Å²) in [4.78, 5) is 15.6. The van der Waals surface area contributed by atoms with E-state index in [4.69, 9.17) is 4.74 Å². The molecular formula is C23H23F2N3O2+2. The average molecular weight is 411 g/mol. The zero-order valence-corrected chi connectivity index (χ0v) is 16.9. The highest BCUT2D eigenvalue weighted by molar-refractivity contribution is 5.86. The van der Waals surface area contributed by atoms with Crippen molar-refractivity contribution >= 4 is 5.97 Å². The molecule has 5 nitrogen and oxygen atoms in total. The number of esters is 1. The summed E-state index contributed by atoms with van der Waals surface area (Å²) in [5.41, 5.74) is 1.59. The number of rotatable bonds is 3. The van der Waals surface area contributed by atoms with Crippen molar-refractivity contribution in [2.75, 3.05) is 0 Å². The van der Waals surface area contributed by atoms with Gasteiger partial charge in [0.25, 0.3) is 5.69 Å². The molecule has 0 aliphatic carbocycles. The zero-order valence-electron chi connectivity index (χ0n) is 16.9. The highest BCUT2D eigenvalue weighted by Crippen LogP contribution is 2.48. The van der Waals surface area contributed by atoms with Crippen molar-refractivity contribution in [3.8, 4) is 11.3 Å². The first-order chi connectivity index (χ1) is 14.5. The largest absolute Gasteiger partial charge is 0.451 e. The highest BCUT2D eigenvalue weighted by atomic mass is 19.1. The van der Waals surface area contributed by atoms with Crippen LogP contribution in [-0.2, 0) is 16.8 Å². The fourth-order valence-electron chi connectivity index (χ4n) is 5.45. The van der Waals surface area contributed by atoms with Gasteiger partial charge in [0.1, 0.15) is 24.4 Å². The van der Waals surface area contributed by atoms with Crippen LogP contribution in [0.25, 0.3) is 11.3 Å². The van der Waals surface area contributed by atoms with Gasteiger partial charge >= 0.3 is 5.97 Å². The first kappa shape index (κ1) is 18.9. The van der Waals surface area contributed by atoms with Crippen molar-refractivity contribution in [3.05, 3.63) is 71.9 Å². The number of benzene rings is 1. The molecule has 2 unspecified atom stereocenters. The third-order valence-electron chi connectivity index (χ3n) is 6.80. The van der Waals surface area contributed by atoms with Crippen LogP contribution in [0.4, 0.5) is 8.78 Å². The van der Waals surface area contributed by atoms with Crippen LogP contribution in [0.1, 0.15) is 48.7 Å². The standard InChI is InChI=1S/C23H22F2N3O2/c1-3-23(4-2)21(19-12-27-13-26-11-18(27)22(29)30-19)15-9-14(24)10-16(25)20(15)17-7-5-6-8-28(17)23/h5-11,13,19,21H,3-4,12H2,1-2H3/q+1/p+1. The lowest BCUT2D eigenvalue weighted by Crippen LogP contribution is -2.66. The van der Waals surface area contributed by atoms with Crippen molar-refractivity contribution in [1.29, 1.82) is 0 Å². The van der Waals surface area contributed by atoms with E-state index in [0.29, 0.717) is 41.9 Å². The van der Waals surface area contributed by atoms with Crippen molar-refractivity contribution < 1.29 is 27.4 Å². The Labute approximate surface area is 172 Å². The summed E-state index contributed by atoms with van der Waals surface area (Å²) < 4.78 is 39.3. The molecule has 0 saturated carbocycles. The lowest BCUT2D eigenvalue weighted by atomic mass is 9.67. The van der Waals surface area contributed by atoms with Gasteiger partial charge in [-0.1, -0.05) is 13.8 Å². The SMILES string of the molecule is CCC1(CC)C(C2C[n+]3c[nH]cc3C(=O)O2)c2cc(F)cc(F)c2-c2cccc[n+]21. The smallest absolute Gasteiger partial charge is 0.382 e. The highest BCUT2D eigenvalue weighted by Gasteiger charge is 2.57. The van der Waals surface area contributed by atoms with E-state index in [1.54, 1.807) is 12.5 Å². The van der Waals surface area contributed by atoms with E-state index in [9.17, 15) is 9.18 Å². The molecule has 0 amide bonds. The fourth-order valence-corrected chi connectivity index (χ4v) is 5.45. The summed E-state index contributed by atoms with van der Waals surface area (Å²) in [6, 6.07) is 7.97. The Morgan fingerprint density at radius 3 is 2.77 bits per heavy atom. The number of aromatic nitrogens is 3. The minimum Gasteiger partial charge on any atom is -0.451 e. The molecule has 2 aliphatic rings. The Bertz CT molecular complexity index is 1150. The Balaban J connectivity index is 1.78. The van der Waals surface area contributed by atoms with Crippen LogP contribution in [-0.4, -0.2) is 17.1 Å². The molecule has 2 atom stereocenters. The Kier molecular flexibility index (Phi) is 4.24. The second-order valence-corrected chi connectivity index (χ2v) is 8.02. The predicted molar refractivity (Wildman–Crippen MR) is 103 cm³/mol. The monoisotopic (exact) mass is 411 g/mol. The molecule has 1 aromatic carbocycles. The first-order valence-electron chi connectivity index (χ1n) is 10.3. The number of halogens is 2. The number of aromatic amines is 1. The van der Waals surface area contributed by atoms with Crippen molar-refractivity contribution in [2.45, 2.75) is 50.8 Å². The van der Waals surface area contributed by atoms with Gasteiger partial charge in [-0.3, -0.25) is 0 Å². The van der Waals surface area contributed by atoms with Gasteiger partial charge in [-0.15, -0.1) is 0 Å². The molecule has 0 radical (unpaired) electrons. The molecule has 1 N–H and O–H groups in total. The van der Waals surface area contributed by atoms with Gasteiger partial charge in [0.05, 0.1) is 11.5 Å². The summed E-state index contributed by atoms with van der Waals surface area (Å²) in [6.45, 7) is 4.55. The number of nitrogens with zero attached hydrogens (tertiary/aromatic N) is 2. The number of hydrogen-bond acceptors (Lipinski definition) is 2. The number of cyclic esters (lactones) is 1. The molecule has 5 rings (SSSR count). The van der Waals surface area contributed by atoms with Crippen molar-refractivity contribution in [2.24, 2.45) is 0 Å². The second kappa shape index (κ2) is 6.72. The van der Waals surface area contributed by atoms with Gasteiger partial charge < -0.3 is 4.74 Å². The molecule has 30 heavy (non-hydrogen) atoms. The third kappa shape index (κ3) is 2.47. The predicted octanol–water partition coefficient (Wildman–Crippen LogP) is 3.39. The van der Waals surface area contributed by atoms with E-state index in [1.165, 1.54) is 6.07 Å². The first-order valence-corrected chi connectivity index (χ1v) is 10.3. The van der Waals surface area contributed by atoms with Gasteiger partial charge in [-0.05, 0) is 17.7 Å². The summed E-state index contributed by atoms with van der Waals surface area (Å²) in [5, 5.41) is 0. The lowest BCUT2D eigenvalue weighted by Gasteiger charge is -2.43. The summed E-state index contributed by atoms with van der Waals surface area (Å²) in [6.07, 6.45) is 6.13. The van der Waals surface area contributed by atoms with Crippen molar-refractivity contribution in [1.82, 2.24) is 4.98 Å². The summed E-state index contributed by atoms with van der Waals surface area (Å²) in [5.74, 6) is -2.07. The molecule has 0 fully saturated rings. The summed E-state index contributed by atoms with van der Waals surface area (Å²) in [7, 11) is 0. The topological polar surface area (TPSA) is 49.9 Å². The van der Waals surface area contributed by atoms with Crippen LogP contribution in [0, 0.1) is 11.6 Å². The van der Waals surface area contributed by atoms with Crippen LogP contribution in [0.2, 0.25) is 0 Å². The fraction of sp³-hybridized carbons (Fsp3) is 0.348. The molecule has 2 aromatic heterocycles. The molecule has 0 spiro atoms. The number of imidazole rings is 1. The maximum absolute atomic E-state index is 15.1. The minimum absolute atomic E-state index is 0.375. The molecule has 2 aliphatic heterocycles. The van der Waals surface area contributed by atoms with E-state index >= 15 is 4.39 Å². The van der Waals surface area contributed by atoms with Crippen LogP contribution < -0.4 is 9.13 Å². The van der Waals surface area contributed by atoms with E-state index in [2.05, 4.69) is 23.4 Å². The number of hydrogen-bond donors (Lipinski definition) is 1. The molecule has 3 aromatic rings. The van der Waals surface area contributed by atoms with E-state index in [-0.39, 0.29) is 0 Å². The van der Waals surface area contributed by atoms with Crippen LogP contribution in [0.5, 0.6) is 0 Å². The maximum atomic E-state index is 15.1. The zero-order chi connectivity index (χ0) is 21.0. The number of nitrogens with one attached hydrogen (secondary N) is 1. The van der Waals surface area contributed by atoms with Gasteiger partial charge in [-0.2, -0.15) is 4.57 Å². The molecule has 0 bridgehead atoms. The Morgan fingerprint density at radius 1 is 1.20 bits per heavy atom. The van der Waals surface area contributed by atoms with Gasteiger partial charge in [0.15, 0.2) is 17.8 Å². The average Bonchev–Trinajstić information content (AvgIpc) is 3.21. The molecule has 154 valence electrons.